The van der Waals surface area contributed by atoms with Gasteiger partial charge in [-0.1, -0.05) is 20.8 Å². The minimum Gasteiger partial charge on any atom is -0.472 e. The van der Waals surface area contributed by atoms with E-state index < -0.39 is 0 Å². The van der Waals surface area contributed by atoms with Crippen molar-refractivity contribution < 1.29 is 9.47 Å². The fourth-order valence-electron chi connectivity index (χ4n) is 1.78. The lowest BCUT2D eigenvalue weighted by atomic mass is 9.91. The first-order valence-corrected chi connectivity index (χ1v) is 6.68. The van der Waals surface area contributed by atoms with Gasteiger partial charge in [0.25, 0.3) is 0 Å². The Bertz CT molecular complexity index is 400. The number of pyridine rings is 1. The molecule has 1 rings (SSSR count). The maximum Gasteiger partial charge on any atom is 0.214 e. The Kier molecular flexibility index (Phi) is 5.76. The monoisotopic (exact) mass is 266 g/mol. The smallest absolute Gasteiger partial charge is 0.214 e. The molecule has 108 valence electrons. The lowest BCUT2D eigenvalue weighted by molar-refractivity contribution is 0.0886. The number of nitrogens with zero attached hydrogens (tertiary/aromatic N) is 1. The Balaban J connectivity index is 2.99. The van der Waals surface area contributed by atoms with Crippen LogP contribution >= 0.6 is 0 Å². The van der Waals surface area contributed by atoms with Crippen LogP contribution in [0.5, 0.6) is 5.88 Å². The lowest BCUT2D eigenvalue weighted by Gasteiger charge is -2.21. The van der Waals surface area contributed by atoms with Gasteiger partial charge in [-0.3, -0.25) is 0 Å². The van der Waals surface area contributed by atoms with Gasteiger partial charge in [0.1, 0.15) is 6.10 Å². The van der Waals surface area contributed by atoms with Crippen molar-refractivity contribution in [1.82, 2.24) is 10.3 Å². The van der Waals surface area contributed by atoms with Crippen LogP contribution in [-0.2, 0) is 16.7 Å². The zero-order chi connectivity index (χ0) is 14.5. The molecule has 1 heterocycles. The first-order valence-electron chi connectivity index (χ1n) is 6.68. The number of hydrogen-bond donors (Lipinski definition) is 1. The van der Waals surface area contributed by atoms with E-state index in [9.17, 15) is 0 Å². The second-order valence-electron chi connectivity index (χ2n) is 5.86. The SMILES string of the molecule is CNCc1cc(OC(C)COC)nc(C(C)(C)C)c1. The van der Waals surface area contributed by atoms with E-state index in [1.807, 2.05) is 20.0 Å². The van der Waals surface area contributed by atoms with Crippen molar-refractivity contribution in [3.8, 4) is 5.88 Å². The number of methoxy groups -OCH3 is 1. The minimum atomic E-state index is -0.00449. The van der Waals surface area contributed by atoms with E-state index in [0.29, 0.717) is 12.5 Å². The Labute approximate surface area is 116 Å². The second-order valence-corrected chi connectivity index (χ2v) is 5.86. The highest BCUT2D eigenvalue weighted by atomic mass is 16.5. The van der Waals surface area contributed by atoms with E-state index >= 15 is 0 Å². The van der Waals surface area contributed by atoms with E-state index in [-0.39, 0.29) is 11.5 Å². The molecule has 0 aliphatic carbocycles. The van der Waals surface area contributed by atoms with Crippen LogP contribution in [0.15, 0.2) is 12.1 Å². The van der Waals surface area contributed by atoms with Gasteiger partial charge in [0.15, 0.2) is 0 Å². The summed E-state index contributed by atoms with van der Waals surface area (Å²) in [6.45, 7) is 9.80. The summed E-state index contributed by atoms with van der Waals surface area (Å²) in [5.74, 6) is 0.669. The van der Waals surface area contributed by atoms with E-state index in [0.717, 1.165) is 12.2 Å². The van der Waals surface area contributed by atoms with Gasteiger partial charge in [0.05, 0.1) is 12.3 Å². The molecular formula is C15H26N2O2. The summed E-state index contributed by atoms with van der Waals surface area (Å²) < 4.78 is 10.9. The predicted molar refractivity (Wildman–Crippen MR) is 77.7 cm³/mol. The van der Waals surface area contributed by atoms with Gasteiger partial charge >= 0.3 is 0 Å². The van der Waals surface area contributed by atoms with Crippen molar-refractivity contribution in [2.24, 2.45) is 0 Å². The Morgan fingerprint density at radius 2 is 2.00 bits per heavy atom. The standard InChI is InChI=1S/C15H26N2O2/c1-11(10-18-6)19-14-8-12(9-16-5)7-13(17-14)15(2,3)4/h7-8,11,16H,9-10H2,1-6H3. The Morgan fingerprint density at radius 3 is 2.53 bits per heavy atom. The zero-order valence-corrected chi connectivity index (χ0v) is 12.9. The second kappa shape index (κ2) is 6.87. The molecule has 0 aliphatic rings. The third kappa shape index (κ3) is 5.17. The molecule has 0 saturated carbocycles. The van der Waals surface area contributed by atoms with Crippen LogP contribution in [0.3, 0.4) is 0 Å². The average Bonchev–Trinajstić information content (AvgIpc) is 2.28. The first kappa shape index (κ1) is 15.9. The third-order valence-corrected chi connectivity index (χ3v) is 2.73. The van der Waals surface area contributed by atoms with Crippen molar-refractivity contribution in [3.63, 3.8) is 0 Å². The van der Waals surface area contributed by atoms with Gasteiger partial charge in [-0.2, -0.15) is 0 Å². The van der Waals surface area contributed by atoms with Crippen LogP contribution in [0.2, 0.25) is 0 Å². The Hall–Kier alpha value is -1.13. The molecule has 1 unspecified atom stereocenters. The summed E-state index contributed by atoms with van der Waals surface area (Å²) in [6, 6.07) is 4.11. The number of nitrogens with one attached hydrogen (secondary N) is 1. The highest BCUT2D eigenvalue weighted by Crippen LogP contribution is 2.24. The van der Waals surface area contributed by atoms with Crippen molar-refractivity contribution in [3.05, 3.63) is 23.4 Å². The fraction of sp³-hybridized carbons (Fsp3) is 0.667. The molecule has 1 aromatic rings. The van der Waals surface area contributed by atoms with Crippen LogP contribution in [-0.4, -0.2) is 31.9 Å². The lowest BCUT2D eigenvalue weighted by Crippen LogP contribution is -2.21. The molecule has 0 aliphatic heterocycles. The van der Waals surface area contributed by atoms with Crippen LogP contribution in [0.4, 0.5) is 0 Å². The largest absolute Gasteiger partial charge is 0.472 e. The molecule has 0 radical (unpaired) electrons. The quantitative estimate of drug-likeness (QED) is 0.859. The van der Waals surface area contributed by atoms with Gasteiger partial charge in [-0.15, -0.1) is 0 Å². The van der Waals surface area contributed by atoms with Crippen molar-refractivity contribution in [1.29, 1.82) is 0 Å². The number of aromatic nitrogens is 1. The van der Waals surface area contributed by atoms with E-state index in [1.54, 1.807) is 7.11 Å². The predicted octanol–water partition coefficient (Wildman–Crippen LogP) is 2.51. The molecule has 0 saturated heterocycles. The molecule has 0 amide bonds. The summed E-state index contributed by atoms with van der Waals surface area (Å²) in [4.78, 5) is 4.60. The molecule has 1 N–H and O–H groups in total. The maximum atomic E-state index is 5.81. The molecule has 0 bridgehead atoms. The van der Waals surface area contributed by atoms with Crippen molar-refractivity contribution in [2.75, 3.05) is 20.8 Å². The molecule has 4 nitrogen and oxygen atoms in total. The highest BCUT2D eigenvalue weighted by Gasteiger charge is 2.18. The zero-order valence-electron chi connectivity index (χ0n) is 12.9. The summed E-state index contributed by atoms with van der Waals surface area (Å²) >= 11 is 0. The van der Waals surface area contributed by atoms with Crippen LogP contribution in [0, 0.1) is 0 Å². The molecular weight excluding hydrogens is 240 g/mol. The molecule has 0 aromatic carbocycles. The van der Waals surface area contributed by atoms with Crippen molar-refractivity contribution in [2.45, 2.75) is 45.8 Å². The summed E-state index contributed by atoms with van der Waals surface area (Å²) in [6.07, 6.45) is -0.00449. The molecule has 0 fully saturated rings. The van der Waals surface area contributed by atoms with E-state index in [4.69, 9.17) is 9.47 Å². The fourth-order valence-corrected chi connectivity index (χ4v) is 1.78. The number of rotatable bonds is 6. The van der Waals surface area contributed by atoms with Crippen molar-refractivity contribution >= 4 is 0 Å². The topological polar surface area (TPSA) is 43.4 Å². The van der Waals surface area contributed by atoms with Gasteiger partial charge in [-0.05, 0) is 25.6 Å². The van der Waals surface area contributed by atoms with Crippen LogP contribution in [0.25, 0.3) is 0 Å². The van der Waals surface area contributed by atoms with E-state index in [1.165, 1.54) is 5.56 Å². The van der Waals surface area contributed by atoms with Gasteiger partial charge in [-0.25, -0.2) is 4.98 Å². The molecule has 0 spiro atoms. The molecule has 4 heteroatoms. The first-order chi connectivity index (χ1) is 8.86. The summed E-state index contributed by atoms with van der Waals surface area (Å²) in [5, 5.41) is 3.16. The molecule has 1 aromatic heterocycles. The van der Waals surface area contributed by atoms with Crippen LogP contribution in [0.1, 0.15) is 39.0 Å². The van der Waals surface area contributed by atoms with Gasteiger partial charge in [0, 0.05) is 25.1 Å². The normalized spacial score (nSPS) is 13.4. The maximum absolute atomic E-state index is 5.81. The van der Waals surface area contributed by atoms with Gasteiger partial charge in [0.2, 0.25) is 5.88 Å². The molecule has 1 atom stereocenters. The number of hydrogen-bond acceptors (Lipinski definition) is 4. The average molecular weight is 266 g/mol. The summed E-state index contributed by atoms with van der Waals surface area (Å²) in [7, 11) is 3.61. The highest BCUT2D eigenvalue weighted by molar-refractivity contribution is 5.28. The minimum absolute atomic E-state index is 0.00449. The van der Waals surface area contributed by atoms with Crippen LogP contribution < -0.4 is 10.1 Å². The molecule has 19 heavy (non-hydrogen) atoms. The van der Waals surface area contributed by atoms with Gasteiger partial charge < -0.3 is 14.8 Å². The number of ether oxygens (including phenoxy) is 2. The third-order valence-electron chi connectivity index (χ3n) is 2.73. The summed E-state index contributed by atoms with van der Waals surface area (Å²) in [5.41, 5.74) is 2.23. The van der Waals surface area contributed by atoms with E-state index in [2.05, 4.69) is 37.1 Å². The Morgan fingerprint density at radius 1 is 1.32 bits per heavy atom.